The van der Waals surface area contributed by atoms with Crippen LogP contribution in [-0.4, -0.2) is 11.1 Å². The van der Waals surface area contributed by atoms with Gasteiger partial charge in [0.05, 0.1) is 5.69 Å². The zero-order valence-corrected chi connectivity index (χ0v) is 7.46. The number of anilines is 1. The predicted octanol–water partition coefficient (Wildman–Crippen LogP) is 0.790. The highest BCUT2D eigenvalue weighted by Crippen LogP contribution is 2.32. The highest BCUT2D eigenvalue weighted by Gasteiger charge is 2.18. The maximum Gasteiger partial charge on any atom is 0.141 e. The summed E-state index contributed by atoms with van der Waals surface area (Å²) < 4.78 is 0. The van der Waals surface area contributed by atoms with Crippen LogP contribution in [0.25, 0.3) is 0 Å². The van der Waals surface area contributed by atoms with E-state index in [1.54, 1.807) is 6.07 Å². The third kappa shape index (κ3) is 1.35. The van der Waals surface area contributed by atoms with E-state index in [1.165, 1.54) is 0 Å². The Morgan fingerprint density at radius 3 is 2.92 bits per heavy atom. The smallest absolute Gasteiger partial charge is 0.141 e. The van der Waals surface area contributed by atoms with Crippen molar-refractivity contribution in [1.82, 2.24) is 0 Å². The number of hydrogen-bond acceptors (Lipinski definition) is 3. The van der Waals surface area contributed by atoms with E-state index in [4.69, 9.17) is 11.5 Å². The van der Waals surface area contributed by atoms with Gasteiger partial charge in [-0.2, -0.15) is 0 Å². The Bertz CT molecular complexity index is 336. The molecular formula is C10H14N2O. The first-order valence-corrected chi connectivity index (χ1v) is 4.53. The molecule has 0 unspecified atom stereocenters. The Labute approximate surface area is 77.4 Å². The van der Waals surface area contributed by atoms with Crippen molar-refractivity contribution in [2.75, 3.05) is 5.73 Å². The van der Waals surface area contributed by atoms with Crippen LogP contribution in [-0.2, 0) is 12.8 Å². The maximum absolute atomic E-state index is 9.66. The summed E-state index contributed by atoms with van der Waals surface area (Å²) in [6, 6.07) is 3.94. The van der Waals surface area contributed by atoms with Gasteiger partial charge in [-0.25, -0.2) is 0 Å². The fraction of sp³-hybridized carbons (Fsp3) is 0.400. The summed E-state index contributed by atoms with van der Waals surface area (Å²) in [6.45, 7) is 0. The van der Waals surface area contributed by atoms with Crippen molar-refractivity contribution in [3.05, 3.63) is 23.3 Å². The van der Waals surface area contributed by atoms with Gasteiger partial charge in [-0.15, -0.1) is 0 Å². The van der Waals surface area contributed by atoms with Gasteiger partial charge in [-0.3, -0.25) is 0 Å². The molecule has 3 nitrogen and oxygen atoms in total. The second kappa shape index (κ2) is 2.92. The van der Waals surface area contributed by atoms with E-state index in [0.717, 1.165) is 30.4 Å². The van der Waals surface area contributed by atoms with E-state index in [1.807, 2.05) is 6.07 Å². The number of fused-ring (bicyclic) bond motifs is 1. The average molecular weight is 178 g/mol. The Hall–Kier alpha value is -1.22. The van der Waals surface area contributed by atoms with E-state index in [0.29, 0.717) is 5.69 Å². The van der Waals surface area contributed by atoms with Crippen molar-refractivity contribution in [3.8, 4) is 5.75 Å². The number of hydrogen-bond donors (Lipinski definition) is 3. The Kier molecular flexibility index (Phi) is 1.88. The van der Waals surface area contributed by atoms with Crippen molar-refractivity contribution in [1.29, 1.82) is 0 Å². The second-order valence-corrected chi connectivity index (χ2v) is 3.64. The Morgan fingerprint density at radius 1 is 1.38 bits per heavy atom. The fourth-order valence-electron chi connectivity index (χ4n) is 1.88. The zero-order valence-electron chi connectivity index (χ0n) is 7.46. The van der Waals surface area contributed by atoms with Gasteiger partial charge in [-0.05, 0) is 36.5 Å². The molecule has 1 aliphatic rings. The molecule has 0 aromatic heterocycles. The van der Waals surface area contributed by atoms with Gasteiger partial charge < -0.3 is 16.6 Å². The molecule has 0 bridgehead atoms. The van der Waals surface area contributed by atoms with Crippen LogP contribution in [0.2, 0.25) is 0 Å². The summed E-state index contributed by atoms with van der Waals surface area (Å²) in [5, 5.41) is 9.66. The van der Waals surface area contributed by atoms with E-state index < -0.39 is 0 Å². The van der Waals surface area contributed by atoms with Gasteiger partial charge in [0.15, 0.2) is 0 Å². The van der Waals surface area contributed by atoms with E-state index >= 15 is 0 Å². The molecule has 1 aromatic carbocycles. The molecule has 0 spiro atoms. The van der Waals surface area contributed by atoms with Crippen LogP contribution in [0.1, 0.15) is 17.5 Å². The molecule has 1 aromatic rings. The highest BCUT2D eigenvalue weighted by atomic mass is 16.3. The summed E-state index contributed by atoms with van der Waals surface area (Å²) in [6.07, 6.45) is 2.63. The van der Waals surface area contributed by atoms with Gasteiger partial charge in [0, 0.05) is 6.04 Å². The molecular weight excluding hydrogens is 164 g/mol. The molecule has 0 aliphatic heterocycles. The lowest BCUT2D eigenvalue weighted by molar-refractivity contribution is 0.459. The lowest BCUT2D eigenvalue weighted by Gasteiger charge is -2.22. The monoisotopic (exact) mass is 178 g/mol. The number of phenolic OH excluding ortho intramolecular Hbond substituents is 1. The second-order valence-electron chi connectivity index (χ2n) is 3.64. The van der Waals surface area contributed by atoms with Crippen LogP contribution in [0.15, 0.2) is 12.1 Å². The molecule has 0 fully saturated rings. The lowest BCUT2D eigenvalue weighted by Crippen LogP contribution is -2.27. The molecule has 0 radical (unpaired) electrons. The lowest BCUT2D eigenvalue weighted by atomic mass is 9.88. The normalized spacial score (nSPS) is 21.2. The van der Waals surface area contributed by atoms with Crippen LogP contribution in [0.4, 0.5) is 5.69 Å². The Morgan fingerprint density at radius 2 is 2.15 bits per heavy atom. The van der Waals surface area contributed by atoms with Gasteiger partial charge >= 0.3 is 0 Å². The minimum Gasteiger partial charge on any atom is -0.505 e. The standard InChI is InChI=1S/C10H14N2O/c11-7-2-3-8-6(5-7)1-4-9(12)10(8)13/h1,4,7,13H,2-3,5,11-12H2/t7-/m0/s1. The topological polar surface area (TPSA) is 72.3 Å². The minimum absolute atomic E-state index is 0.232. The molecule has 0 heterocycles. The van der Waals surface area contributed by atoms with Gasteiger partial charge in [0.2, 0.25) is 0 Å². The third-order valence-electron chi connectivity index (χ3n) is 2.66. The van der Waals surface area contributed by atoms with Crippen LogP contribution in [0.5, 0.6) is 5.75 Å². The molecule has 0 saturated heterocycles. The summed E-state index contributed by atoms with van der Waals surface area (Å²) in [4.78, 5) is 0. The first-order chi connectivity index (χ1) is 6.18. The van der Waals surface area contributed by atoms with Crippen LogP contribution in [0, 0.1) is 0 Å². The van der Waals surface area contributed by atoms with Crippen LogP contribution in [0.3, 0.4) is 0 Å². The molecule has 2 rings (SSSR count). The number of benzene rings is 1. The van der Waals surface area contributed by atoms with E-state index in [2.05, 4.69) is 0 Å². The minimum atomic E-state index is 0.232. The van der Waals surface area contributed by atoms with Crippen molar-refractivity contribution < 1.29 is 5.11 Å². The molecule has 0 saturated carbocycles. The van der Waals surface area contributed by atoms with Crippen molar-refractivity contribution in [3.63, 3.8) is 0 Å². The summed E-state index contributed by atoms with van der Waals surface area (Å²) >= 11 is 0. The van der Waals surface area contributed by atoms with E-state index in [9.17, 15) is 5.11 Å². The number of rotatable bonds is 0. The number of aromatic hydroxyl groups is 1. The number of nitrogens with two attached hydrogens (primary N) is 2. The highest BCUT2D eigenvalue weighted by molar-refractivity contribution is 5.59. The first kappa shape index (κ1) is 8.38. The van der Waals surface area contributed by atoms with E-state index in [-0.39, 0.29) is 11.8 Å². The van der Waals surface area contributed by atoms with Crippen LogP contribution >= 0.6 is 0 Å². The number of phenols is 1. The van der Waals surface area contributed by atoms with Gasteiger partial charge in [0.25, 0.3) is 0 Å². The quantitative estimate of drug-likeness (QED) is 0.406. The fourth-order valence-corrected chi connectivity index (χ4v) is 1.88. The molecule has 70 valence electrons. The van der Waals surface area contributed by atoms with Crippen molar-refractivity contribution >= 4 is 5.69 Å². The third-order valence-corrected chi connectivity index (χ3v) is 2.66. The zero-order chi connectivity index (χ0) is 9.42. The summed E-state index contributed by atoms with van der Waals surface area (Å²) in [5.41, 5.74) is 14.0. The Balaban J connectivity index is 2.47. The van der Waals surface area contributed by atoms with Crippen molar-refractivity contribution in [2.24, 2.45) is 5.73 Å². The predicted molar refractivity (Wildman–Crippen MR) is 52.5 cm³/mol. The molecule has 1 atom stereocenters. The first-order valence-electron chi connectivity index (χ1n) is 4.53. The van der Waals surface area contributed by atoms with Gasteiger partial charge in [-0.1, -0.05) is 6.07 Å². The van der Waals surface area contributed by atoms with Gasteiger partial charge in [0.1, 0.15) is 5.75 Å². The summed E-state index contributed by atoms with van der Waals surface area (Å²) in [7, 11) is 0. The number of nitrogen functional groups attached to an aromatic ring is 1. The molecule has 5 N–H and O–H groups in total. The largest absolute Gasteiger partial charge is 0.505 e. The molecule has 1 aliphatic carbocycles. The molecule has 0 amide bonds. The molecule has 3 heteroatoms. The van der Waals surface area contributed by atoms with Crippen LogP contribution < -0.4 is 11.5 Å². The average Bonchev–Trinajstić information content (AvgIpc) is 2.12. The SMILES string of the molecule is Nc1ccc2c(c1O)CC[C@H](N)C2. The summed E-state index contributed by atoms with van der Waals surface area (Å²) in [5.74, 6) is 0.254. The molecule has 13 heavy (non-hydrogen) atoms. The van der Waals surface area contributed by atoms with Crippen molar-refractivity contribution in [2.45, 2.75) is 25.3 Å². The maximum atomic E-state index is 9.66.